The van der Waals surface area contributed by atoms with Crippen LogP contribution in [0.25, 0.3) is 0 Å². The Labute approximate surface area is 114 Å². The maximum Gasteiger partial charge on any atom is 0.335 e. The molecule has 7 heteroatoms. The molecule has 1 aromatic carbocycles. The zero-order valence-electron chi connectivity index (χ0n) is 10.8. The van der Waals surface area contributed by atoms with Gasteiger partial charge in [-0.1, -0.05) is 0 Å². The minimum Gasteiger partial charge on any atom is -0.497 e. The van der Waals surface area contributed by atoms with Gasteiger partial charge in [-0.15, -0.1) is 0 Å². The van der Waals surface area contributed by atoms with Gasteiger partial charge in [0.15, 0.2) is 0 Å². The first-order chi connectivity index (χ1) is 9.42. The van der Waals surface area contributed by atoms with E-state index in [0.29, 0.717) is 11.4 Å². The Balaban J connectivity index is 2.37. The topological polar surface area (TPSA) is 110 Å². The number of aromatic carboxylic acids is 1. The molecular formula is C13H14N2O5. The molecule has 0 saturated carbocycles. The number of carbonyl (C=O) groups is 3. The number of amides is 2. The number of anilines is 1. The second-order valence-electron chi connectivity index (χ2n) is 4.53. The molecule has 1 atom stereocenters. The van der Waals surface area contributed by atoms with Crippen LogP contribution in [0.3, 0.4) is 0 Å². The van der Waals surface area contributed by atoms with E-state index in [-0.39, 0.29) is 24.4 Å². The van der Waals surface area contributed by atoms with Gasteiger partial charge in [-0.2, -0.15) is 0 Å². The third kappa shape index (κ3) is 2.56. The average Bonchev–Trinajstić information content (AvgIpc) is 2.80. The van der Waals surface area contributed by atoms with E-state index in [1.165, 1.54) is 24.1 Å². The molecular weight excluding hydrogens is 264 g/mol. The van der Waals surface area contributed by atoms with Gasteiger partial charge in [0.1, 0.15) is 5.75 Å². The molecule has 0 radical (unpaired) electrons. The fourth-order valence-corrected chi connectivity index (χ4v) is 2.13. The third-order valence-electron chi connectivity index (χ3n) is 3.21. The largest absolute Gasteiger partial charge is 0.497 e. The van der Waals surface area contributed by atoms with Crippen molar-refractivity contribution in [2.75, 3.05) is 18.6 Å². The van der Waals surface area contributed by atoms with E-state index in [9.17, 15) is 14.4 Å². The summed E-state index contributed by atoms with van der Waals surface area (Å²) < 4.78 is 5.02. The molecule has 0 aromatic heterocycles. The van der Waals surface area contributed by atoms with E-state index in [1.54, 1.807) is 6.07 Å². The van der Waals surface area contributed by atoms with Crippen molar-refractivity contribution in [3.05, 3.63) is 23.8 Å². The summed E-state index contributed by atoms with van der Waals surface area (Å²) >= 11 is 0. The average molecular weight is 278 g/mol. The predicted molar refractivity (Wildman–Crippen MR) is 69.6 cm³/mol. The number of rotatable bonds is 4. The van der Waals surface area contributed by atoms with Gasteiger partial charge in [0.05, 0.1) is 18.6 Å². The standard InChI is InChI=1S/C13H14N2O5/c1-20-10-3-7(13(18)19)2-9(5-10)15-6-8(12(14)17)4-11(15)16/h2-3,5,8H,4,6H2,1H3,(H2,14,17)(H,18,19). The van der Waals surface area contributed by atoms with E-state index in [2.05, 4.69) is 0 Å². The Morgan fingerprint density at radius 3 is 2.60 bits per heavy atom. The first kappa shape index (κ1) is 13.9. The Bertz CT molecular complexity index is 584. The summed E-state index contributed by atoms with van der Waals surface area (Å²) in [5.41, 5.74) is 5.59. The van der Waals surface area contributed by atoms with Crippen molar-refractivity contribution in [1.29, 1.82) is 0 Å². The van der Waals surface area contributed by atoms with E-state index >= 15 is 0 Å². The molecule has 106 valence electrons. The molecule has 1 aliphatic heterocycles. The van der Waals surface area contributed by atoms with Crippen LogP contribution in [0.2, 0.25) is 0 Å². The Morgan fingerprint density at radius 1 is 1.40 bits per heavy atom. The molecule has 0 bridgehead atoms. The van der Waals surface area contributed by atoms with Crippen LogP contribution in [-0.2, 0) is 9.59 Å². The lowest BCUT2D eigenvalue weighted by Gasteiger charge is -2.17. The van der Waals surface area contributed by atoms with Crippen LogP contribution < -0.4 is 15.4 Å². The zero-order valence-corrected chi connectivity index (χ0v) is 10.8. The van der Waals surface area contributed by atoms with Crippen LogP contribution >= 0.6 is 0 Å². The number of carbonyl (C=O) groups excluding carboxylic acids is 2. The first-order valence-corrected chi connectivity index (χ1v) is 5.94. The maximum absolute atomic E-state index is 11.9. The third-order valence-corrected chi connectivity index (χ3v) is 3.21. The fraction of sp³-hybridized carbons (Fsp3) is 0.308. The second-order valence-corrected chi connectivity index (χ2v) is 4.53. The van der Waals surface area contributed by atoms with Gasteiger partial charge < -0.3 is 20.5 Å². The van der Waals surface area contributed by atoms with Crippen molar-refractivity contribution >= 4 is 23.5 Å². The number of methoxy groups -OCH3 is 1. The zero-order chi connectivity index (χ0) is 14.9. The first-order valence-electron chi connectivity index (χ1n) is 5.94. The van der Waals surface area contributed by atoms with Gasteiger partial charge in [0.25, 0.3) is 0 Å². The Morgan fingerprint density at radius 2 is 2.10 bits per heavy atom. The smallest absolute Gasteiger partial charge is 0.335 e. The number of ether oxygens (including phenoxy) is 1. The fourth-order valence-electron chi connectivity index (χ4n) is 2.13. The summed E-state index contributed by atoms with van der Waals surface area (Å²) in [5, 5.41) is 9.05. The van der Waals surface area contributed by atoms with Gasteiger partial charge in [-0.3, -0.25) is 9.59 Å². The van der Waals surface area contributed by atoms with Crippen LogP contribution in [0.15, 0.2) is 18.2 Å². The summed E-state index contributed by atoms with van der Waals surface area (Å²) in [5.74, 6) is -2.15. The number of hydrogen-bond acceptors (Lipinski definition) is 4. The van der Waals surface area contributed by atoms with Crippen molar-refractivity contribution in [2.24, 2.45) is 11.7 Å². The number of primary amides is 1. The molecule has 2 amide bonds. The van der Waals surface area contributed by atoms with Crippen molar-refractivity contribution in [3.8, 4) is 5.75 Å². The van der Waals surface area contributed by atoms with E-state index in [4.69, 9.17) is 15.6 Å². The number of benzene rings is 1. The summed E-state index contributed by atoms with van der Waals surface area (Å²) in [7, 11) is 1.41. The van der Waals surface area contributed by atoms with Gasteiger partial charge >= 0.3 is 5.97 Å². The highest BCUT2D eigenvalue weighted by Gasteiger charge is 2.34. The maximum atomic E-state index is 11.9. The van der Waals surface area contributed by atoms with E-state index in [1.807, 2.05) is 0 Å². The predicted octanol–water partition coefficient (Wildman–Crippen LogP) is 0.232. The summed E-state index contributed by atoms with van der Waals surface area (Å²) in [6.07, 6.45) is 0.0367. The van der Waals surface area contributed by atoms with Crippen molar-refractivity contribution in [1.82, 2.24) is 0 Å². The summed E-state index contributed by atoms with van der Waals surface area (Å²) in [4.78, 5) is 35.5. The van der Waals surface area contributed by atoms with E-state index in [0.717, 1.165) is 0 Å². The molecule has 3 N–H and O–H groups in total. The molecule has 1 fully saturated rings. The van der Waals surface area contributed by atoms with Crippen LogP contribution in [-0.4, -0.2) is 36.5 Å². The summed E-state index contributed by atoms with van der Waals surface area (Å²) in [6.45, 7) is 0.153. The van der Waals surface area contributed by atoms with Crippen LogP contribution in [0.5, 0.6) is 5.75 Å². The second kappa shape index (κ2) is 5.20. The number of nitrogens with zero attached hydrogens (tertiary/aromatic N) is 1. The molecule has 1 unspecified atom stereocenters. The quantitative estimate of drug-likeness (QED) is 0.819. The van der Waals surface area contributed by atoms with E-state index < -0.39 is 17.8 Å². The molecule has 20 heavy (non-hydrogen) atoms. The molecule has 1 heterocycles. The van der Waals surface area contributed by atoms with Gasteiger partial charge in [0, 0.05) is 24.7 Å². The summed E-state index contributed by atoms with van der Waals surface area (Å²) in [6, 6.07) is 4.28. The van der Waals surface area contributed by atoms with Crippen molar-refractivity contribution < 1.29 is 24.2 Å². The molecule has 2 rings (SSSR count). The Kier molecular flexibility index (Phi) is 3.60. The molecule has 7 nitrogen and oxygen atoms in total. The highest BCUT2D eigenvalue weighted by molar-refractivity contribution is 6.01. The normalized spacial score (nSPS) is 18.1. The van der Waals surface area contributed by atoms with Gasteiger partial charge in [-0.25, -0.2) is 4.79 Å². The van der Waals surface area contributed by atoms with Crippen LogP contribution in [0.1, 0.15) is 16.8 Å². The highest BCUT2D eigenvalue weighted by atomic mass is 16.5. The number of hydrogen-bond donors (Lipinski definition) is 2. The molecule has 1 aliphatic rings. The minimum atomic E-state index is -1.12. The van der Waals surface area contributed by atoms with Crippen LogP contribution in [0, 0.1) is 5.92 Å². The molecule has 1 aromatic rings. The minimum absolute atomic E-state index is 0.00896. The van der Waals surface area contributed by atoms with Gasteiger partial charge in [0.2, 0.25) is 11.8 Å². The highest BCUT2D eigenvalue weighted by Crippen LogP contribution is 2.29. The molecule has 1 saturated heterocycles. The lowest BCUT2D eigenvalue weighted by molar-refractivity contribution is -0.123. The lowest BCUT2D eigenvalue weighted by atomic mass is 10.1. The molecule has 0 aliphatic carbocycles. The molecule has 0 spiro atoms. The number of carboxylic acid groups (broad SMARTS) is 1. The lowest BCUT2D eigenvalue weighted by Crippen LogP contribution is -2.28. The monoisotopic (exact) mass is 278 g/mol. The van der Waals surface area contributed by atoms with Crippen molar-refractivity contribution in [2.45, 2.75) is 6.42 Å². The Hall–Kier alpha value is -2.57. The number of nitrogens with two attached hydrogens (primary N) is 1. The van der Waals surface area contributed by atoms with Crippen molar-refractivity contribution in [3.63, 3.8) is 0 Å². The number of carboxylic acids is 1. The SMILES string of the molecule is COc1cc(C(=O)O)cc(N2CC(C(N)=O)CC2=O)c1. The van der Waals surface area contributed by atoms with Gasteiger partial charge in [-0.05, 0) is 12.1 Å². The van der Waals surface area contributed by atoms with Crippen LogP contribution in [0.4, 0.5) is 5.69 Å².